The molecule has 1 aliphatic rings. The molecule has 4 rings (SSSR count). The summed E-state index contributed by atoms with van der Waals surface area (Å²) in [5.41, 5.74) is 7.12. The van der Waals surface area contributed by atoms with Crippen LogP contribution in [0.3, 0.4) is 0 Å². The maximum Gasteiger partial charge on any atom is 0.170 e. The Morgan fingerprint density at radius 2 is 1.90 bits per heavy atom. The van der Waals surface area contributed by atoms with Gasteiger partial charge in [0.1, 0.15) is 0 Å². The number of aromatic nitrogens is 2. The predicted molar refractivity (Wildman–Crippen MR) is 127 cm³/mol. The van der Waals surface area contributed by atoms with Crippen LogP contribution < -0.4 is 5.32 Å². The standard InChI is InChI=1S/C24H27ClN4S/c1-5-13-28-23(22(27-24(28)30)20-11-6-7-12-26-20)21-15(2)16(3)29(17(21)4)19-10-8-9-18(25)14-19/h6-12,14,22-23H,5,13H2,1-4H3,(H,27,30)/t22-,23+/m0/s1. The fraction of sp³-hybridized carbons (Fsp3) is 0.333. The maximum absolute atomic E-state index is 6.30. The molecule has 0 bridgehead atoms. The predicted octanol–water partition coefficient (Wildman–Crippen LogP) is 5.83. The van der Waals surface area contributed by atoms with Crippen LogP contribution in [0.25, 0.3) is 5.69 Å². The summed E-state index contributed by atoms with van der Waals surface area (Å²) in [5, 5.41) is 5.08. The molecular weight excluding hydrogens is 412 g/mol. The minimum Gasteiger partial charge on any atom is -0.352 e. The van der Waals surface area contributed by atoms with E-state index in [1.54, 1.807) is 0 Å². The van der Waals surface area contributed by atoms with Gasteiger partial charge in [-0.3, -0.25) is 4.98 Å². The Balaban J connectivity index is 1.89. The summed E-state index contributed by atoms with van der Waals surface area (Å²) in [4.78, 5) is 6.98. The Morgan fingerprint density at radius 1 is 1.10 bits per heavy atom. The zero-order valence-electron chi connectivity index (χ0n) is 17.8. The number of halogens is 1. The summed E-state index contributed by atoms with van der Waals surface area (Å²) >= 11 is 12.1. The van der Waals surface area contributed by atoms with Crippen LogP contribution in [0.4, 0.5) is 0 Å². The number of pyridine rings is 1. The monoisotopic (exact) mass is 438 g/mol. The third kappa shape index (κ3) is 3.50. The van der Waals surface area contributed by atoms with Crippen molar-refractivity contribution in [2.45, 2.75) is 46.2 Å². The molecule has 3 aromatic rings. The van der Waals surface area contributed by atoms with Gasteiger partial charge in [0.15, 0.2) is 5.11 Å². The van der Waals surface area contributed by atoms with E-state index in [9.17, 15) is 0 Å². The Bertz CT molecular complexity index is 1080. The molecule has 0 radical (unpaired) electrons. The second-order valence-corrected chi connectivity index (χ2v) is 8.67. The first-order chi connectivity index (χ1) is 14.4. The molecule has 3 heterocycles. The third-order valence-corrected chi connectivity index (χ3v) is 6.62. The Morgan fingerprint density at radius 3 is 2.57 bits per heavy atom. The lowest BCUT2D eigenvalue weighted by Crippen LogP contribution is -2.30. The van der Waals surface area contributed by atoms with Gasteiger partial charge in [-0.15, -0.1) is 0 Å². The van der Waals surface area contributed by atoms with Gasteiger partial charge in [-0.05, 0) is 75.3 Å². The molecule has 1 aromatic carbocycles. The topological polar surface area (TPSA) is 33.1 Å². The zero-order chi connectivity index (χ0) is 21.4. The van der Waals surface area contributed by atoms with Crippen LogP contribution in [0.15, 0.2) is 48.7 Å². The van der Waals surface area contributed by atoms with E-state index in [0.29, 0.717) is 0 Å². The van der Waals surface area contributed by atoms with Crippen molar-refractivity contribution in [1.82, 2.24) is 19.8 Å². The molecule has 1 saturated heterocycles. The van der Waals surface area contributed by atoms with Gasteiger partial charge in [0.05, 0.1) is 17.8 Å². The number of rotatable bonds is 5. The molecule has 0 unspecified atom stereocenters. The molecule has 0 saturated carbocycles. The molecule has 1 fully saturated rings. The van der Waals surface area contributed by atoms with E-state index >= 15 is 0 Å². The number of hydrogen-bond donors (Lipinski definition) is 1. The quantitative estimate of drug-likeness (QED) is 0.508. The molecule has 0 spiro atoms. The van der Waals surface area contributed by atoms with E-state index in [4.69, 9.17) is 23.8 Å². The number of hydrogen-bond acceptors (Lipinski definition) is 2. The highest BCUT2D eigenvalue weighted by Crippen LogP contribution is 2.43. The van der Waals surface area contributed by atoms with E-state index in [0.717, 1.165) is 34.5 Å². The number of nitrogens with zero attached hydrogens (tertiary/aromatic N) is 3. The highest BCUT2D eigenvalue weighted by Gasteiger charge is 2.42. The van der Waals surface area contributed by atoms with Crippen molar-refractivity contribution in [3.05, 3.63) is 81.9 Å². The van der Waals surface area contributed by atoms with Gasteiger partial charge in [0, 0.05) is 40.4 Å². The molecular formula is C24H27ClN4S. The summed E-state index contributed by atoms with van der Waals surface area (Å²) in [7, 11) is 0. The van der Waals surface area contributed by atoms with E-state index in [1.807, 2.05) is 36.5 Å². The molecule has 30 heavy (non-hydrogen) atoms. The molecule has 0 aliphatic carbocycles. The van der Waals surface area contributed by atoms with Gasteiger partial charge in [0.25, 0.3) is 0 Å². The number of benzene rings is 1. The summed E-state index contributed by atoms with van der Waals surface area (Å²) in [6.45, 7) is 9.67. The highest BCUT2D eigenvalue weighted by atomic mass is 35.5. The molecule has 156 valence electrons. The largest absolute Gasteiger partial charge is 0.352 e. The SMILES string of the molecule is CCCN1C(=S)N[C@@H](c2ccccn2)[C@H]1c1c(C)c(C)n(-c2cccc(Cl)c2)c1C. The number of nitrogens with one attached hydrogen (secondary N) is 1. The normalized spacial score (nSPS) is 18.7. The molecule has 6 heteroatoms. The van der Waals surface area contributed by atoms with Crippen molar-refractivity contribution in [3.63, 3.8) is 0 Å². The minimum absolute atomic E-state index is 0.0114. The summed E-state index contributed by atoms with van der Waals surface area (Å²) in [5.74, 6) is 0. The minimum atomic E-state index is 0.0114. The smallest absolute Gasteiger partial charge is 0.170 e. The van der Waals surface area contributed by atoms with Crippen molar-refractivity contribution < 1.29 is 0 Å². The van der Waals surface area contributed by atoms with Gasteiger partial charge < -0.3 is 14.8 Å². The molecule has 1 aliphatic heterocycles. The second kappa shape index (κ2) is 8.40. The molecule has 0 amide bonds. The van der Waals surface area contributed by atoms with Crippen molar-refractivity contribution in [2.24, 2.45) is 0 Å². The van der Waals surface area contributed by atoms with Crippen LogP contribution >= 0.6 is 23.8 Å². The molecule has 2 atom stereocenters. The van der Waals surface area contributed by atoms with Gasteiger partial charge in [-0.1, -0.05) is 30.7 Å². The van der Waals surface area contributed by atoms with Crippen LogP contribution in [0.2, 0.25) is 5.02 Å². The van der Waals surface area contributed by atoms with E-state index in [1.165, 1.54) is 22.5 Å². The zero-order valence-corrected chi connectivity index (χ0v) is 19.4. The van der Waals surface area contributed by atoms with E-state index in [-0.39, 0.29) is 12.1 Å². The highest BCUT2D eigenvalue weighted by molar-refractivity contribution is 7.80. The first-order valence-electron chi connectivity index (χ1n) is 10.4. The average Bonchev–Trinajstić information content (AvgIpc) is 3.16. The van der Waals surface area contributed by atoms with Gasteiger partial charge in [-0.25, -0.2) is 0 Å². The summed E-state index contributed by atoms with van der Waals surface area (Å²) < 4.78 is 2.30. The summed E-state index contributed by atoms with van der Waals surface area (Å²) in [6, 6.07) is 14.2. The Hall–Kier alpha value is -2.37. The van der Waals surface area contributed by atoms with Crippen molar-refractivity contribution in [1.29, 1.82) is 0 Å². The van der Waals surface area contributed by atoms with Crippen molar-refractivity contribution in [3.8, 4) is 5.69 Å². The lowest BCUT2D eigenvalue weighted by Gasteiger charge is -2.28. The fourth-order valence-electron chi connectivity index (χ4n) is 4.65. The second-order valence-electron chi connectivity index (χ2n) is 7.84. The molecule has 1 N–H and O–H groups in total. The Kier molecular flexibility index (Phi) is 5.85. The first-order valence-corrected chi connectivity index (χ1v) is 11.1. The summed E-state index contributed by atoms with van der Waals surface area (Å²) in [6.07, 6.45) is 2.88. The maximum atomic E-state index is 6.30. The van der Waals surface area contributed by atoms with Crippen LogP contribution in [0.1, 0.15) is 53.6 Å². The van der Waals surface area contributed by atoms with Gasteiger partial charge in [0.2, 0.25) is 0 Å². The molecule has 4 nitrogen and oxygen atoms in total. The van der Waals surface area contributed by atoms with Crippen LogP contribution in [-0.4, -0.2) is 26.1 Å². The van der Waals surface area contributed by atoms with Crippen molar-refractivity contribution >= 4 is 28.9 Å². The lowest BCUT2D eigenvalue weighted by atomic mass is 9.93. The Labute approximate surface area is 188 Å². The van der Waals surface area contributed by atoms with Crippen molar-refractivity contribution in [2.75, 3.05) is 6.54 Å². The first kappa shape index (κ1) is 20.9. The third-order valence-electron chi connectivity index (χ3n) is 6.03. The van der Waals surface area contributed by atoms with E-state index < -0.39 is 0 Å². The van der Waals surface area contributed by atoms with Gasteiger partial charge in [-0.2, -0.15) is 0 Å². The number of thiocarbonyl (C=S) groups is 1. The van der Waals surface area contributed by atoms with Crippen LogP contribution in [0.5, 0.6) is 0 Å². The molecule has 2 aromatic heterocycles. The van der Waals surface area contributed by atoms with Crippen LogP contribution in [-0.2, 0) is 0 Å². The van der Waals surface area contributed by atoms with E-state index in [2.05, 4.69) is 59.6 Å². The fourth-order valence-corrected chi connectivity index (χ4v) is 5.16. The average molecular weight is 439 g/mol. The lowest BCUT2D eigenvalue weighted by molar-refractivity contribution is 0.315. The van der Waals surface area contributed by atoms with Crippen LogP contribution in [0, 0.1) is 20.8 Å². The van der Waals surface area contributed by atoms with Gasteiger partial charge >= 0.3 is 0 Å².